The molecule has 4 nitrogen and oxygen atoms in total. The topological polar surface area (TPSA) is 54.4 Å². The number of aromatic nitrogens is 1. The summed E-state index contributed by atoms with van der Waals surface area (Å²) in [6.45, 7) is 2.01. The van der Waals surface area contributed by atoms with Crippen molar-refractivity contribution in [3.05, 3.63) is 65.5 Å². The third-order valence-corrected chi connectivity index (χ3v) is 2.36. The van der Waals surface area contributed by atoms with Gasteiger partial charge in [-0.15, -0.1) is 0 Å². The number of benzene rings is 1. The molecule has 0 aliphatic carbocycles. The summed E-state index contributed by atoms with van der Waals surface area (Å²) in [5.74, 6) is -0.249. The first-order valence-electron chi connectivity index (χ1n) is 5.56. The molecule has 2 rings (SSSR count). The molecule has 4 heteroatoms. The Morgan fingerprint density at radius 1 is 1.28 bits per heavy atom. The average molecular weight is 239 g/mol. The molecule has 0 aliphatic rings. The van der Waals surface area contributed by atoms with Gasteiger partial charge in [0.25, 0.3) is 5.91 Å². The van der Waals surface area contributed by atoms with Gasteiger partial charge in [0, 0.05) is 18.0 Å². The molecule has 0 fully saturated rings. The number of rotatable bonds is 3. The van der Waals surface area contributed by atoms with Gasteiger partial charge in [-0.25, -0.2) is 5.43 Å². The molecule has 1 aromatic carbocycles. The summed E-state index contributed by atoms with van der Waals surface area (Å²) in [6.07, 6.45) is 4.75. The summed E-state index contributed by atoms with van der Waals surface area (Å²) in [5, 5.41) is 3.91. The molecule has 0 saturated heterocycles. The van der Waals surface area contributed by atoms with Crippen molar-refractivity contribution in [2.75, 3.05) is 0 Å². The molecule has 0 bridgehead atoms. The molecule has 90 valence electrons. The minimum absolute atomic E-state index is 0.249. The zero-order chi connectivity index (χ0) is 12.8. The van der Waals surface area contributed by atoms with E-state index in [-0.39, 0.29) is 5.91 Å². The van der Waals surface area contributed by atoms with Crippen LogP contribution in [-0.4, -0.2) is 17.1 Å². The van der Waals surface area contributed by atoms with Crippen molar-refractivity contribution in [3.8, 4) is 0 Å². The van der Waals surface area contributed by atoms with Crippen LogP contribution in [-0.2, 0) is 0 Å². The summed E-state index contributed by atoms with van der Waals surface area (Å²) in [7, 11) is 0. The number of carbonyl (C=O) groups is 1. The van der Waals surface area contributed by atoms with Crippen LogP contribution in [0.15, 0.2) is 53.9 Å². The highest BCUT2D eigenvalue weighted by Crippen LogP contribution is 2.01. The average Bonchev–Trinajstić information content (AvgIpc) is 2.40. The first-order chi connectivity index (χ1) is 8.75. The highest BCUT2D eigenvalue weighted by atomic mass is 16.2. The van der Waals surface area contributed by atoms with Crippen LogP contribution < -0.4 is 5.43 Å². The third kappa shape index (κ3) is 3.25. The molecule has 1 N–H and O–H groups in total. The number of nitrogens with one attached hydrogen (secondary N) is 1. The van der Waals surface area contributed by atoms with Crippen LogP contribution in [0.25, 0.3) is 0 Å². The van der Waals surface area contributed by atoms with Crippen molar-refractivity contribution in [2.45, 2.75) is 6.92 Å². The lowest BCUT2D eigenvalue weighted by molar-refractivity contribution is 0.0955. The lowest BCUT2D eigenvalue weighted by atomic mass is 10.2. The maximum atomic E-state index is 11.6. The van der Waals surface area contributed by atoms with Crippen molar-refractivity contribution < 1.29 is 4.79 Å². The lowest BCUT2D eigenvalue weighted by Crippen LogP contribution is -2.17. The molecule has 1 aromatic heterocycles. The zero-order valence-electron chi connectivity index (χ0n) is 10.00. The fourth-order valence-corrected chi connectivity index (χ4v) is 1.48. The number of hydrogen-bond acceptors (Lipinski definition) is 3. The van der Waals surface area contributed by atoms with E-state index in [1.165, 1.54) is 0 Å². The third-order valence-electron chi connectivity index (χ3n) is 2.36. The number of amides is 1. The van der Waals surface area contributed by atoms with Crippen molar-refractivity contribution in [3.63, 3.8) is 0 Å². The van der Waals surface area contributed by atoms with Crippen molar-refractivity contribution in [2.24, 2.45) is 5.10 Å². The second-order valence-corrected chi connectivity index (χ2v) is 3.85. The largest absolute Gasteiger partial charge is 0.271 e. The molecule has 0 unspecified atom stereocenters. The standard InChI is InChI=1S/C14H13N3O/c1-11-3-2-4-12(9-11)10-16-17-14(18)13-5-7-15-8-6-13/h2-10H,1H3,(H,17,18)/b16-10-. The summed E-state index contributed by atoms with van der Waals surface area (Å²) in [4.78, 5) is 15.5. The Balaban J connectivity index is 1.98. The van der Waals surface area contributed by atoms with E-state index in [0.29, 0.717) is 5.56 Å². The maximum absolute atomic E-state index is 11.6. The maximum Gasteiger partial charge on any atom is 0.271 e. The Morgan fingerprint density at radius 3 is 2.78 bits per heavy atom. The second kappa shape index (κ2) is 5.72. The highest BCUT2D eigenvalue weighted by Gasteiger charge is 2.01. The lowest BCUT2D eigenvalue weighted by Gasteiger charge is -1.99. The Labute approximate surface area is 105 Å². The van der Waals surface area contributed by atoms with E-state index in [1.807, 2.05) is 31.2 Å². The fraction of sp³-hybridized carbons (Fsp3) is 0.0714. The van der Waals surface area contributed by atoms with Gasteiger partial charge in [-0.2, -0.15) is 5.10 Å². The van der Waals surface area contributed by atoms with Crippen LogP contribution in [0.3, 0.4) is 0 Å². The number of pyridine rings is 1. The summed E-state index contributed by atoms with van der Waals surface area (Å²) in [5.41, 5.74) is 5.10. The Hall–Kier alpha value is -2.49. The Bertz CT molecular complexity index is 564. The number of carbonyl (C=O) groups excluding carboxylic acids is 1. The minimum Gasteiger partial charge on any atom is -0.267 e. The fourth-order valence-electron chi connectivity index (χ4n) is 1.48. The van der Waals surface area contributed by atoms with Crippen LogP contribution >= 0.6 is 0 Å². The monoisotopic (exact) mass is 239 g/mol. The first kappa shape index (κ1) is 12.0. The van der Waals surface area contributed by atoms with Gasteiger partial charge in [0.15, 0.2) is 0 Å². The molecule has 0 radical (unpaired) electrons. The van der Waals surface area contributed by atoms with Crippen LogP contribution in [0.5, 0.6) is 0 Å². The number of hydrogen-bond donors (Lipinski definition) is 1. The Morgan fingerprint density at radius 2 is 2.06 bits per heavy atom. The predicted octanol–water partition coefficient (Wildman–Crippen LogP) is 2.15. The van der Waals surface area contributed by atoms with E-state index < -0.39 is 0 Å². The number of nitrogens with zero attached hydrogens (tertiary/aromatic N) is 2. The van der Waals surface area contributed by atoms with Gasteiger partial charge in [-0.05, 0) is 24.6 Å². The molecule has 0 aliphatic heterocycles. The van der Waals surface area contributed by atoms with E-state index in [2.05, 4.69) is 15.5 Å². The van der Waals surface area contributed by atoms with Gasteiger partial charge in [-0.1, -0.05) is 29.8 Å². The SMILES string of the molecule is Cc1cccc(/C=N\NC(=O)c2ccncc2)c1. The van der Waals surface area contributed by atoms with E-state index in [4.69, 9.17) is 0 Å². The van der Waals surface area contributed by atoms with Gasteiger partial charge < -0.3 is 0 Å². The van der Waals surface area contributed by atoms with E-state index >= 15 is 0 Å². The molecule has 0 atom stereocenters. The molecule has 0 spiro atoms. The molecule has 2 aromatic rings. The summed E-state index contributed by atoms with van der Waals surface area (Å²) >= 11 is 0. The molecule has 0 saturated carbocycles. The van der Waals surface area contributed by atoms with E-state index in [0.717, 1.165) is 11.1 Å². The van der Waals surface area contributed by atoms with Crippen LogP contribution in [0.1, 0.15) is 21.5 Å². The van der Waals surface area contributed by atoms with Gasteiger partial charge in [0.1, 0.15) is 0 Å². The van der Waals surface area contributed by atoms with Crippen molar-refractivity contribution >= 4 is 12.1 Å². The molecule has 18 heavy (non-hydrogen) atoms. The molecule has 1 amide bonds. The van der Waals surface area contributed by atoms with Crippen LogP contribution in [0.2, 0.25) is 0 Å². The van der Waals surface area contributed by atoms with Gasteiger partial charge in [0.05, 0.1) is 6.21 Å². The van der Waals surface area contributed by atoms with E-state index in [9.17, 15) is 4.79 Å². The van der Waals surface area contributed by atoms with Gasteiger partial charge >= 0.3 is 0 Å². The molecular formula is C14H13N3O. The smallest absolute Gasteiger partial charge is 0.267 e. The quantitative estimate of drug-likeness (QED) is 0.659. The van der Waals surface area contributed by atoms with Crippen molar-refractivity contribution in [1.29, 1.82) is 0 Å². The minimum atomic E-state index is -0.249. The van der Waals surface area contributed by atoms with Gasteiger partial charge in [-0.3, -0.25) is 9.78 Å². The van der Waals surface area contributed by atoms with Gasteiger partial charge in [0.2, 0.25) is 0 Å². The molecule has 1 heterocycles. The van der Waals surface area contributed by atoms with E-state index in [1.54, 1.807) is 30.7 Å². The second-order valence-electron chi connectivity index (χ2n) is 3.85. The predicted molar refractivity (Wildman–Crippen MR) is 70.5 cm³/mol. The number of hydrazone groups is 1. The van der Waals surface area contributed by atoms with Crippen LogP contribution in [0, 0.1) is 6.92 Å². The molecular weight excluding hydrogens is 226 g/mol. The number of aryl methyl sites for hydroxylation is 1. The first-order valence-corrected chi connectivity index (χ1v) is 5.56. The Kier molecular flexibility index (Phi) is 3.81. The normalized spacial score (nSPS) is 10.5. The summed E-state index contributed by atoms with van der Waals surface area (Å²) in [6, 6.07) is 11.1. The van der Waals surface area contributed by atoms with Crippen molar-refractivity contribution in [1.82, 2.24) is 10.4 Å². The van der Waals surface area contributed by atoms with Crippen LogP contribution in [0.4, 0.5) is 0 Å². The highest BCUT2D eigenvalue weighted by molar-refractivity contribution is 5.94. The summed E-state index contributed by atoms with van der Waals surface area (Å²) < 4.78 is 0. The zero-order valence-corrected chi connectivity index (χ0v) is 10.00.